The van der Waals surface area contributed by atoms with Gasteiger partial charge in [-0.25, -0.2) is 9.07 Å². The van der Waals surface area contributed by atoms with Crippen molar-refractivity contribution in [2.75, 3.05) is 25.0 Å². The highest BCUT2D eigenvalue weighted by molar-refractivity contribution is 5.97. The van der Waals surface area contributed by atoms with Gasteiger partial charge in [-0.15, -0.1) is 0 Å². The maximum Gasteiger partial charge on any atom is 0.254 e. The molecular weight excluding hydrogens is 325 g/mol. The van der Waals surface area contributed by atoms with Gasteiger partial charge in [0.15, 0.2) is 0 Å². The lowest BCUT2D eigenvalue weighted by atomic mass is 10.1. The molecule has 0 saturated carbocycles. The topological polar surface area (TPSA) is 94.2 Å². The maximum absolute atomic E-state index is 13.1. The molecule has 25 heavy (non-hydrogen) atoms. The molecule has 0 spiro atoms. The number of primary amides is 1. The van der Waals surface area contributed by atoms with Crippen molar-refractivity contribution in [3.8, 4) is 5.75 Å². The standard InChI is InChI=1S/C17H22FN5O2/c1-11(10-25-14-4-2-3-13(18)5-14)20-6-12-7-21-17-15(16(19)24)8-22-23(17)9-12/h2-5,8,11-12,20-21H,6-7,9-10H2,1H3,(H2,19,24)/t11-,12-/m0/s1. The number of hydrogen-bond donors (Lipinski definition) is 3. The molecule has 134 valence electrons. The van der Waals surface area contributed by atoms with Crippen molar-refractivity contribution in [1.29, 1.82) is 0 Å². The minimum atomic E-state index is -0.478. The summed E-state index contributed by atoms with van der Waals surface area (Å²) in [6, 6.07) is 6.23. The Labute approximate surface area is 145 Å². The summed E-state index contributed by atoms with van der Waals surface area (Å²) in [4.78, 5) is 11.3. The van der Waals surface area contributed by atoms with Crippen molar-refractivity contribution in [2.45, 2.75) is 19.5 Å². The van der Waals surface area contributed by atoms with E-state index in [0.717, 1.165) is 13.1 Å². The highest BCUT2D eigenvalue weighted by Gasteiger charge is 2.23. The van der Waals surface area contributed by atoms with Gasteiger partial charge in [0.05, 0.1) is 6.20 Å². The molecule has 0 aliphatic carbocycles. The van der Waals surface area contributed by atoms with Gasteiger partial charge in [0.2, 0.25) is 0 Å². The van der Waals surface area contributed by atoms with Gasteiger partial charge in [0.1, 0.15) is 29.6 Å². The summed E-state index contributed by atoms with van der Waals surface area (Å²) in [5.74, 6) is 0.745. The lowest BCUT2D eigenvalue weighted by molar-refractivity contribution is 0.100. The first-order valence-electron chi connectivity index (χ1n) is 8.24. The summed E-state index contributed by atoms with van der Waals surface area (Å²) in [5.41, 5.74) is 5.74. The third-order valence-corrected chi connectivity index (χ3v) is 4.15. The van der Waals surface area contributed by atoms with Crippen molar-refractivity contribution in [2.24, 2.45) is 11.7 Å². The number of ether oxygens (including phenoxy) is 1. The highest BCUT2D eigenvalue weighted by atomic mass is 19.1. The molecule has 2 heterocycles. The lowest BCUT2D eigenvalue weighted by Crippen LogP contribution is -2.40. The highest BCUT2D eigenvalue weighted by Crippen LogP contribution is 2.21. The Hall–Kier alpha value is -2.61. The second-order valence-corrected chi connectivity index (χ2v) is 6.28. The van der Waals surface area contributed by atoms with Crippen molar-refractivity contribution in [3.63, 3.8) is 0 Å². The van der Waals surface area contributed by atoms with Crippen molar-refractivity contribution in [1.82, 2.24) is 15.1 Å². The first kappa shape index (κ1) is 17.2. The fourth-order valence-electron chi connectivity index (χ4n) is 2.78. The van der Waals surface area contributed by atoms with Gasteiger partial charge in [0, 0.05) is 37.7 Å². The van der Waals surface area contributed by atoms with Crippen LogP contribution in [0.2, 0.25) is 0 Å². The minimum Gasteiger partial charge on any atom is -0.492 e. The van der Waals surface area contributed by atoms with Gasteiger partial charge in [-0.3, -0.25) is 4.79 Å². The van der Waals surface area contributed by atoms with E-state index in [1.54, 1.807) is 16.8 Å². The average Bonchev–Trinajstić information content (AvgIpc) is 3.01. The van der Waals surface area contributed by atoms with Crippen LogP contribution in [0.1, 0.15) is 17.3 Å². The summed E-state index contributed by atoms with van der Waals surface area (Å²) in [6.45, 7) is 4.67. The summed E-state index contributed by atoms with van der Waals surface area (Å²) >= 11 is 0. The van der Waals surface area contributed by atoms with Crippen LogP contribution in [0, 0.1) is 11.7 Å². The maximum atomic E-state index is 13.1. The van der Waals surface area contributed by atoms with Gasteiger partial charge in [-0.2, -0.15) is 5.10 Å². The molecule has 0 fully saturated rings. The monoisotopic (exact) mass is 347 g/mol. The third-order valence-electron chi connectivity index (χ3n) is 4.15. The normalized spacial score (nSPS) is 17.4. The van der Waals surface area contributed by atoms with E-state index in [9.17, 15) is 9.18 Å². The second kappa shape index (κ2) is 7.52. The molecule has 7 nitrogen and oxygen atoms in total. The van der Waals surface area contributed by atoms with Crippen LogP contribution in [0.3, 0.4) is 0 Å². The predicted molar refractivity (Wildman–Crippen MR) is 92.1 cm³/mol. The molecule has 2 atom stereocenters. The number of rotatable bonds is 7. The number of nitrogens with one attached hydrogen (secondary N) is 2. The molecule has 0 radical (unpaired) electrons. The minimum absolute atomic E-state index is 0.114. The van der Waals surface area contributed by atoms with Crippen LogP contribution in [-0.4, -0.2) is 41.4 Å². The molecule has 0 bridgehead atoms. The number of amides is 1. The SMILES string of the molecule is C[C@@H](COc1cccc(F)c1)NC[C@H]1CNc2c(C(N)=O)cnn2C1. The number of anilines is 1. The van der Waals surface area contributed by atoms with E-state index >= 15 is 0 Å². The molecule has 1 aliphatic rings. The van der Waals surface area contributed by atoms with E-state index in [-0.39, 0.29) is 11.9 Å². The van der Waals surface area contributed by atoms with Crippen LogP contribution in [-0.2, 0) is 6.54 Å². The van der Waals surface area contributed by atoms with E-state index in [1.165, 1.54) is 18.3 Å². The van der Waals surface area contributed by atoms with Gasteiger partial charge in [0.25, 0.3) is 5.91 Å². The number of carbonyl (C=O) groups excluding carboxylic acids is 1. The molecule has 8 heteroatoms. The van der Waals surface area contributed by atoms with E-state index in [2.05, 4.69) is 15.7 Å². The summed E-state index contributed by atoms with van der Waals surface area (Å²) in [5, 5.41) is 10.8. The number of fused-ring (bicyclic) bond motifs is 1. The Morgan fingerprint density at radius 2 is 2.44 bits per heavy atom. The zero-order valence-electron chi connectivity index (χ0n) is 14.0. The van der Waals surface area contributed by atoms with E-state index < -0.39 is 5.91 Å². The summed E-state index contributed by atoms with van der Waals surface area (Å²) < 4.78 is 20.5. The Kier molecular flexibility index (Phi) is 5.18. The molecule has 3 rings (SSSR count). The largest absolute Gasteiger partial charge is 0.492 e. The zero-order chi connectivity index (χ0) is 17.8. The van der Waals surface area contributed by atoms with Crippen molar-refractivity contribution in [3.05, 3.63) is 41.8 Å². The van der Waals surface area contributed by atoms with E-state index in [1.807, 2.05) is 6.92 Å². The number of aromatic nitrogens is 2. The van der Waals surface area contributed by atoms with Crippen LogP contribution >= 0.6 is 0 Å². The smallest absolute Gasteiger partial charge is 0.254 e. The van der Waals surface area contributed by atoms with Crippen molar-refractivity contribution >= 4 is 11.7 Å². The molecule has 1 amide bonds. The number of nitrogens with two attached hydrogens (primary N) is 1. The Bertz CT molecular complexity index is 748. The Morgan fingerprint density at radius 3 is 3.20 bits per heavy atom. The molecule has 4 N–H and O–H groups in total. The zero-order valence-corrected chi connectivity index (χ0v) is 14.0. The van der Waals surface area contributed by atoms with Gasteiger partial charge < -0.3 is 21.1 Å². The van der Waals surface area contributed by atoms with Gasteiger partial charge in [-0.05, 0) is 19.1 Å². The van der Waals surface area contributed by atoms with E-state index in [4.69, 9.17) is 10.5 Å². The molecule has 1 aliphatic heterocycles. The molecule has 2 aromatic rings. The fourth-order valence-corrected chi connectivity index (χ4v) is 2.78. The van der Waals surface area contributed by atoms with Crippen LogP contribution in [0.25, 0.3) is 0 Å². The van der Waals surface area contributed by atoms with Crippen LogP contribution in [0.4, 0.5) is 10.2 Å². The number of carbonyl (C=O) groups is 1. The third kappa shape index (κ3) is 4.27. The summed E-state index contributed by atoms with van der Waals surface area (Å²) in [6.07, 6.45) is 1.50. The van der Waals surface area contributed by atoms with Crippen LogP contribution in [0.15, 0.2) is 30.5 Å². The lowest BCUT2D eigenvalue weighted by Gasteiger charge is -2.27. The predicted octanol–water partition coefficient (Wildman–Crippen LogP) is 1.22. The van der Waals surface area contributed by atoms with Gasteiger partial charge in [-0.1, -0.05) is 6.07 Å². The average molecular weight is 347 g/mol. The number of halogens is 1. The van der Waals surface area contributed by atoms with Crippen molar-refractivity contribution < 1.29 is 13.9 Å². The quantitative estimate of drug-likeness (QED) is 0.700. The summed E-state index contributed by atoms with van der Waals surface area (Å²) in [7, 11) is 0. The second-order valence-electron chi connectivity index (χ2n) is 6.28. The number of nitrogens with zero attached hydrogens (tertiary/aromatic N) is 2. The fraction of sp³-hybridized carbons (Fsp3) is 0.412. The number of hydrogen-bond acceptors (Lipinski definition) is 5. The number of benzene rings is 1. The van der Waals surface area contributed by atoms with Gasteiger partial charge >= 0.3 is 0 Å². The van der Waals surface area contributed by atoms with Crippen LogP contribution in [0.5, 0.6) is 5.75 Å². The van der Waals surface area contributed by atoms with E-state index in [0.29, 0.717) is 36.2 Å². The Balaban J connectivity index is 1.45. The molecular formula is C17H22FN5O2. The molecule has 0 unspecified atom stereocenters. The first-order chi connectivity index (χ1) is 12.0. The first-order valence-corrected chi connectivity index (χ1v) is 8.24. The molecule has 1 aromatic carbocycles. The Morgan fingerprint density at radius 1 is 1.60 bits per heavy atom. The van der Waals surface area contributed by atoms with Crippen LogP contribution < -0.4 is 21.1 Å². The molecule has 0 saturated heterocycles. The molecule has 1 aromatic heterocycles.